The zero-order valence-electron chi connectivity index (χ0n) is 48.7. The summed E-state index contributed by atoms with van der Waals surface area (Å²) >= 11 is 0. The number of esters is 3. The van der Waals surface area contributed by atoms with E-state index >= 15 is 0 Å². The van der Waals surface area contributed by atoms with Gasteiger partial charge in [-0.25, -0.2) is 0 Å². The monoisotopic (exact) mass is 1050 g/mol. The van der Waals surface area contributed by atoms with Crippen molar-refractivity contribution in [2.45, 2.75) is 252 Å². The molecule has 426 valence electrons. The van der Waals surface area contributed by atoms with E-state index in [1.807, 2.05) is 0 Å². The van der Waals surface area contributed by atoms with Crippen molar-refractivity contribution in [1.29, 1.82) is 0 Å². The van der Waals surface area contributed by atoms with Gasteiger partial charge in [-0.2, -0.15) is 0 Å². The first-order valence-electron chi connectivity index (χ1n) is 30.5. The Morgan fingerprint density at radius 2 is 0.513 bits per heavy atom. The van der Waals surface area contributed by atoms with Gasteiger partial charge >= 0.3 is 17.9 Å². The fraction of sp³-hybridized carbons (Fsp3) is 0.586. The van der Waals surface area contributed by atoms with Crippen LogP contribution < -0.4 is 0 Å². The van der Waals surface area contributed by atoms with E-state index in [-0.39, 0.29) is 37.5 Å². The number of rotatable bonds is 53. The number of allylic oxidation sites excluding steroid dienone is 26. The van der Waals surface area contributed by atoms with Gasteiger partial charge in [0.2, 0.25) is 0 Å². The molecule has 0 aliphatic heterocycles. The molecule has 0 rings (SSSR count). The first kappa shape index (κ1) is 71.0. The topological polar surface area (TPSA) is 78.9 Å². The van der Waals surface area contributed by atoms with E-state index in [1.54, 1.807) is 0 Å². The molecule has 0 bridgehead atoms. The SMILES string of the molecule is CC/C=C\C/C=C\C/C=C\C/C=C\C/C=C\C/C=C\C/C=C\CCCCCC(=O)OCC(COC(=O)CCCCCCC/C=C\CCCCC)OC(=O)CCCCCCC/C=C\C/C=C\C/C=C\C/C=C\C/C=C\CC. The van der Waals surface area contributed by atoms with Crippen LogP contribution in [-0.4, -0.2) is 37.2 Å². The lowest BCUT2D eigenvalue weighted by atomic mass is 10.1. The first-order chi connectivity index (χ1) is 37.5. The van der Waals surface area contributed by atoms with E-state index in [9.17, 15) is 14.4 Å². The largest absolute Gasteiger partial charge is 0.462 e. The van der Waals surface area contributed by atoms with Crippen molar-refractivity contribution in [2.75, 3.05) is 13.2 Å². The molecule has 0 aromatic rings. The van der Waals surface area contributed by atoms with Crippen LogP contribution in [0.2, 0.25) is 0 Å². The van der Waals surface area contributed by atoms with Crippen LogP contribution in [0.4, 0.5) is 0 Å². The Labute approximate surface area is 467 Å². The van der Waals surface area contributed by atoms with Gasteiger partial charge in [-0.15, -0.1) is 0 Å². The summed E-state index contributed by atoms with van der Waals surface area (Å²) in [5.41, 5.74) is 0. The zero-order chi connectivity index (χ0) is 55.0. The average Bonchev–Trinajstić information content (AvgIpc) is 3.42. The predicted octanol–water partition coefficient (Wildman–Crippen LogP) is 20.9. The highest BCUT2D eigenvalue weighted by molar-refractivity contribution is 5.71. The molecule has 0 N–H and O–H groups in total. The standard InChI is InChI=1S/C70H110O6/c1-4-7-10-13-16-19-22-25-27-29-31-33-34-35-36-38-39-41-43-45-48-51-54-57-60-63-69(72)75-66-67(65-74-68(71)62-59-56-53-50-47-24-21-18-15-12-9-6-3)76-70(73)64-61-58-55-52-49-46-44-42-40-37-32-30-28-26-23-20-17-14-11-8-5-2/h7-8,10-11,16-21,25-28,31-33,35-37,39,41-42,44-45,48,67H,4-6,9,12-15,22-24,29-30,34,38,40,43,46-47,49-66H2,1-3H3/b10-7-,11-8-,19-16-,20-17-,21-18-,27-25-,28-26-,33-31-,36-35-,37-32-,41-39-,44-42-,48-45-. The Hall–Kier alpha value is -4.97. The second kappa shape index (κ2) is 62.6. The molecule has 1 unspecified atom stereocenters. The molecule has 0 aliphatic rings. The molecule has 76 heavy (non-hydrogen) atoms. The van der Waals surface area contributed by atoms with Crippen LogP contribution in [0.25, 0.3) is 0 Å². The maximum Gasteiger partial charge on any atom is 0.306 e. The Balaban J connectivity index is 4.48. The Kier molecular flexibility index (Phi) is 58.5. The summed E-state index contributed by atoms with van der Waals surface area (Å²) in [4.78, 5) is 38.2. The summed E-state index contributed by atoms with van der Waals surface area (Å²) in [6.45, 7) is 6.32. The molecule has 0 saturated heterocycles. The highest BCUT2D eigenvalue weighted by Crippen LogP contribution is 2.13. The summed E-state index contributed by atoms with van der Waals surface area (Å²) in [5.74, 6) is -0.976. The Morgan fingerprint density at radius 1 is 0.276 bits per heavy atom. The van der Waals surface area contributed by atoms with Crippen molar-refractivity contribution < 1.29 is 28.6 Å². The lowest BCUT2D eigenvalue weighted by Crippen LogP contribution is -2.30. The van der Waals surface area contributed by atoms with Crippen molar-refractivity contribution in [2.24, 2.45) is 0 Å². The van der Waals surface area contributed by atoms with E-state index < -0.39 is 6.10 Å². The molecule has 0 radical (unpaired) electrons. The van der Waals surface area contributed by atoms with Gasteiger partial charge in [0, 0.05) is 19.3 Å². The number of hydrogen-bond acceptors (Lipinski definition) is 6. The van der Waals surface area contributed by atoms with Crippen molar-refractivity contribution in [3.8, 4) is 0 Å². The maximum atomic E-state index is 12.9. The van der Waals surface area contributed by atoms with Crippen LogP contribution in [0.5, 0.6) is 0 Å². The fourth-order valence-electron chi connectivity index (χ4n) is 7.74. The molecular formula is C70H110O6. The van der Waals surface area contributed by atoms with Crippen LogP contribution in [-0.2, 0) is 28.6 Å². The number of ether oxygens (including phenoxy) is 3. The van der Waals surface area contributed by atoms with Crippen molar-refractivity contribution >= 4 is 17.9 Å². The minimum Gasteiger partial charge on any atom is -0.462 e. The second-order valence-corrected chi connectivity index (χ2v) is 19.5. The summed E-state index contributed by atoms with van der Waals surface area (Å²) < 4.78 is 16.8. The quantitative estimate of drug-likeness (QED) is 0.0261. The van der Waals surface area contributed by atoms with Gasteiger partial charge in [0.25, 0.3) is 0 Å². The van der Waals surface area contributed by atoms with E-state index in [2.05, 4.69) is 179 Å². The van der Waals surface area contributed by atoms with Crippen LogP contribution in [0, 0.1) is 0 Å². The minimum absolute atomic E-state index is 0.108. The normalized spacial score (nSPS) is 13.2. The highest BCUT2D eigenvalue weighted by Gasteiger charge is 2.19. The van der Waals surface area contributed by atoms with Crippen LogP contribution in [0.15, 0.2) is 158 Å². The molecule has 0 aliphatic carbocycles. The average molecular weight is 1050 g/mol. The first-order valence-corrected chi connectivity index (χ1v) is 30.5. The van der Waals surface area contributed by atoms with Crippen LogP contribution in [0.1, 0.15) is 245 Å². The predicted molar refractivity (Wildman–Crippen MR) is 329 cm³/mol. The molecule has 0 aromatic carbocycles. The number of hydrogen-bond donors (Lipinski definition) is 0. The summed E-state index contributed by atoms with van der Waals surface area (Å²) in [7, 11) is 0. The third kappa shape index (κ3) is 59.9. The second-order valence-electron chi connectivity index (χ2n) is 19.5. The highest BCUT2D eigenvalue weighted by atomic mass is 16.6. The van der Waals surface area contributed by atoms with Gasteiger partial charge < -0.3 is 14.2 Å². The van der Waals surface area contributed by atoms with Gasteiger partial charge in [0.1, 0.15) is 13.2 Å². The minimum atomic E-state index is -0.815. The number of carbonyl (C=O) groups is 3. The van der Waals surface area contributed by atoms with Gasteiger partial charge in [0.05, 0.1) is 0 Å². The smallest absolute Gasteiger partial charge is 0.306 e. The van der Waals surface area contributed by atoms with E-state index in [0.717, 1.165) is 173 Å². The third-order valence-electron chi connectivity index (χ3n) is 12.2. The van der Waals surface area contributed by atoms with Crippen molar-refractivity contribution in [3.05, 3.63) is 158 Å². The lowest BCUT2D eigenvalue weighted by molar-refractivity contribution is -0.167. The van der Waals surface area contributed by atoms with E-state index in [4.69, 9.17) is 14.2 Å². The summed E-state index contributed by atoms with van der Waals surface area (Å²) in [5, 5.41) is 0. The van der Waals surface area contributed by atoms with Crippen LogP contribution >= 0.6 is 0 Å². The van der Waals surface area contributed by atoms with E-state index in [0.29, 0.717) is 12.8 Å². The van der Waals surface area contributed by atoms with Gasteiger partial charge in [-0.05, 0) is 148 Å². The van der Waals surface area contributed by atoms with Gasteiger partial charge in [-0.1, -0.05) is 237 Å². The molecule has 6 nitrogen and oxygen atoms in total. The fourth-order valence-corrected chi connectivity index (χ4v) is 7.74. The third-order valence-corrected chi connectivity index (χ3v) is 12.2. The van der Waals surface area contributed by atoms with E-state index in [1.165, 1.54) is 32.1 Å². The number of unbranched alkanes of at least 4 members (excludes halogenated alkanes) is 16. The van der Waals surface area contributed by atoms with Crippen LogP contribution in [0.3, 0.4) is 0 Å². The molecule has 0 fully saturated rings. The molecular weight excluding hydrogens is 937 g/mol. The van der Waals surface area contributed by atoms with Crippen molar-refractivity contribution in [3.63, 3.8) is 0 Å². The summed E-state index contributed by atoms with van der Waals surface area (Å²) in [6, 6.07) is 0. The van der Waals surface area contributed by atoms with Gasteiger partial charge in [-0.3, -0.25) is 14.4 Å². The van der Waals surface area contributed by atoms with Gasteiger partial charge in [0.15, 0.2) is 6.10 Å². The zero-order valence-corrected chi connectivity index (χ0v) is 48.7. The molecule has 6 heteroatoms. The molecule has 0 spiro atoms. The molecule has 0 amide bonds. The molecule has 0 saturated carbocycles. The summed E-state index contributed by atoms with van der Waals surface area (Å²) in [6.07, 6.45) is 90.9. The molecule has 1 atom stereocenters. The molecule has 0 aromatic heterocycles. The molecule has 0 heterocycles. The Morgan fingerprint density at radius 3 is 0.829 bits per heavy atom. The maximum absolute atomic E-state index is 12.9. The number of carbonyl (C=O) groups excluding carboxylic acids is 3. The van der Waals surface area contributed by atoms with Crippen molar-refractivity contribution in [1.82, 2.24) is 0 Å². The Bertz CT molecular complexity index is 1720. The lowest BCUT2D eigenvalue weighted by Gasteiger charge is -2.18.